The normalized spacial score (nSPS) is 46.4. The van der Waals surface area contributed by atoms with E-state index >= 15 is 0 Å². The minimum absolute atomic E-state index is 0.277. The zero-order valence-electron chi connectivity index (χ0n) is 7.26. The summed E-state index contributed by atoms with van der Waals surface area (Å²) in [5.74, 6) is 1.14. The molecule has 0 aromatic rings. The number of nitrogens with two attached hydrogens (primary N) is 1. The van der Waals surface area contributed by atoms with Gasteiger partial charge >= 0.3 is 0 Å². The largest absolute Gasteiger partial charge is 0.385 e. The standard InChI is InChI=1S/C9H15ClN2/c1-5-2-3-7(11)9-8(5)6(10)4-12-9/h4-5,7-9,12H,2-3,11H2,1H3. The molecule has 4 atom stereocenters. The molecule has 1 aliphatic carbocycles. The van der Waals surface area contributed by atoms with Crippen molar-refractivity contribution in [1.29, 1.82) is 0 Å². The second-order valence-electron chi connectivity index (χ2n) is 3.97. The SMILES string of the molecule is CC1CCC(N)C2NC=C(Cl)C12. The summed E-state index contributed by atoms with van der Waals surface area (Å²) in [4.78, 5) is 0. The highest BCUT2D eigenvalue weighted by Gasteiger charge is 2.40. The third kappa shape index (κ3) is 1.14. The van der Waals surface area contributed by atoms with Gasteiger partial charge in [0, 0.05) is 29.2 Å². The van der Waals surface area contributed by atoms with Crippen LogP contribution in [-0.4, -0.2) is 12.1 Å². The van der Waals surface area contributed by atoms with Crippen molar-refractivity contribution in [3.05, 3.63) is 11.2 Å². The highest BCUT2D eigenvalue weighted by Crippen LogP contribution is 2.38. The minimum Gasteiger partial charge on any atom is -0.385 e. The molecule has 0 bridgehead atoms. The topological polar surface area (TPSA) is 38.0 Å². The first-order valence-electron chi connectivity index (χ1n) is 4.57. The van der Waals surface area contributed by atoms with Gasteiger partial charge in [-0.2, -0.15) is 0 Å². The van der Waals surface area contributed by atoms with Gasteiger partial charge in [-0.05, 0) is 18.8 Å². The van der Waals surface area contributed by atoms with Crippen molar-refractivity contribution in [3.8, 4) is 0 Å². The lowest BCUT2D eigenvalue weighted by atomic mass is 9.76. The Labute approximate surface area is 78.2 Å². The lowest BCUT2D eigenvalue weighted by molar-refractivity contribution is 0.231. The van der Waals surface area contributed by atoms with Crippen LogP contribution in [0.15, 0.2) is 11.2 Å². The van der Waals surface area contributed by atoms with Gasteiger partial charge < -0.3 is 11.1 Å². The smallest absolute Gasteiger partial charge is 0.0487 e. The number of nitrogens with one attached hydrogen (secondary N) is 1. The molecule has 68 valence electrons. The Morgan fingerprint density at radius 2 is 2.33 bits per heavy atom. The average Bonchev–Trinajstić information content (AvgIpc) is 2.42. The molecule has 0 amide bonds. The molecule has 12 heavy (non-hydrogen) atoms. The Hall–Kier alpha value is -0.210. The van der Waals surface area contributed by atoms with Gasteiger partial charge in [0.15, 0.2) is 0 Å². The van der Waals surface area contributed by atoms with E-state index in [9.17, 15) is 0 Å². The first kappa shape index (κ1) is 8.39. The van der Waals surface area contributed by atoms with Crippen LogP contribution in [-0.2, 0) is 0 Å². The average molecular weight is 187 g/mol. The molecule has 2 aliphatic rings. The van der Waals surface area contributed by atoms with Crippen LogP contribution in [0.2, 0.25) is 0 Å². The fraction of sp³-hybridized carbons (Fsp3) is 0.778. The molecule has 1 heterocycles. The molecule has 2 nitrogen and oxygen atoms in total. The van der Waals surface area contributed by atoms with E-state index in [1.807, 2.05) is 6.20 Å². The van der Waals surface area contributed by atoms with E-state index in [2.05, 4.69) is 12.2 Å². The maximum Gasteiger partial charge on any atom is 0.0487 e. The molecular weight excluding hydrogens is 172 g/mol. The van der Waals surface area contributed by atoms with Crippen LogP contribution in [0.5, 0.6) is 0 Å². The van der Waals surface area contributed by atoms with E-state index in [4.69, 9.17) is 17.3 Å². The fourth-order valence-electron chi connectivity index (χ4n) is 2.38. The number of fused-ring (bicyclic) bond motifs is 1. The summed E-state index contributed by atoms with van der Waals surface area (Å²) in [5.41, 5.74) is 5.99. The van der Waals surface area contributed by atoms with E-state index in [0.717, 1.165) is 11.5 Å². The van der Waals surface area contributed by atoms with Crippen LogP contribution in [0, 0.1) is 11.8 Å². The van der Waals surface area contributed by atoms with Crippen molar-refractivity contribution in [1.82, 2.24) is 5.32 Å². The van der Waals surface area contributed by atoms with Crippen LogP contribution in [0.25, 0.3) is 0 Å². The molecule has 0 radical (unpaired) electrons. The zero-order valence-corrected chi connectivity index (χ0v) is 8.01. The van der Waals surface area contributed by atoms with Crippen molar-refractivity contribution >= 4 is 11.6 Å². The second kappa shape index (κ2) is 2.93. The molecule has 1 fully saturated rings. The Kier molecular flexibility index (Phi) is 2.05. The van der Waals surface area contributed by atoms with Crippen LogP contribution in [0.3, 0.4) is 0 Å². The Morgan fingerprint density at radius 1 is 1.58 bits per heavy atom. The third-order valence-electron chi connectivity index (χ3n) is 3.15. The summed E-state index contributed by atoms with van der Waals surface area (Å²) in [6.07, 6.45) is 4.24. The maximum absolute atomic E-state index is 6.09. The summed E-state index contributed by atoms with van der Waals surface area (Å²) in [6, 6.07) is 0.667. The highest BCUT2D eigenvalue weighted by atomic mass is 35.5. The predicted molar refractivity (Wildman–Crippen MR) is 50.7 cm³/mol. The number of hydrogen-bond acceptors (Lipinski definition) is 2. The van der Waals surface area contributed by atoms with Gasteiger partial charge in [0.05, 0.1) is 0 Å². The predicted octanol–water partition coefficient (Wildman–Crippen LogP) is 1.41. The van der Waals surface area contributed by atoms with Gasteiger partial charge in [0.2, 0.25) is 0 Å². The number of hydrogen-bond donors (Lipinski definition) is 2. The van der Waals surface area contributed by atoms with Crippen molar-refractivity contribution in [3.63, 3.8) is 0 Å². The van der Waals surface area contributed by atoms with Crippen molar-refractivity contribution < 1.29 is 0 Å². The van der Waals surface area contributed by atoms with Gasteiger partial charge in [-0.1, -0.05) is 18.5 Å². The molecule has 2 rings (SSSR count). The van der Waals surface area contributed by atoms with E-state index in [1.165, 1.54) is 6.42 Å². The van der Waals surface area contributed by atoms with Crippen LogP contribution in [0.1, 0.15) is 19.8 Å². The van der Waals surface area contributed by atoms with Gasteiger partial charge in [-0.15, -0.1) is 0 Å². The Bertz CT molecular complexity index is 215. The van der Waals surface area contributed by atoms with Crippen molar-refractivity contribution in [2.45, 2.75) is 31.8 Å². The molecule has 4 unspecified atom stereocenters. The van der Waals surface area contributed by atoms with E-state index < -0.39 is 0 Å². The summed E-state index contributed by atoms with van der Waals surface area (Å²) in [6.45, 7) is 2.26. The summed E-state index contributed by atoms with van der Waals surface area (Å²) in [5, 5.41) is 4.23. The third-order valence-corrected chi connectivity index (χ3v) is 3.51. The fourth-order valence-corrected chi connectivity index (χ4v) is 2.79. The second-order valence-corrected chi connectivity index (χ2v) is 4.40. The molecule has 1 aliphatic heterocycles. The van der Waals surface area contributed by atoms with Crippen molar-refractivity contribution in [2.24, 2.45) is 17.6 Å². The molecule has 1 saturated carbocycles. The van der Waals surface area contributed by atoms with E-state index in [0.29, 0.717) is 17.9 Å². The minimum atomic E-state index is 0.277. The van der Waals surface area contributed by atoms with Crippen LogP contribution < -0.4 is 11.1 Å². The molecular formula is C9H15ClN2. The molecule has 0 spiro atoms. The number of halogens is 1. The molecule has 3 heteroatoms. The van der Waals surface area contributed by atoms with Gasteiger partial charge in [-0.25, -0.2) is 0 Å². The molecule has 0 saturated heterocycles. The van der Waals surface area contributed by atoms with E-state index in [-0.39, 0.29) is 6.04 Å². The summed E-state index contributed by atoms with van der Waals surface area (Å²) >= 11 is 6.09. The molecule has 3 N–H and O–H groups in total. The number of rotatable bonds is 0. The molecule has 0 aromatic carbocycles. The summed E-state index contributed by atoms with van der Waals surface area (Å²) < 4.78 is 0. The Balaban J connectivity index is 2.18. The maximum atomic E-state index is 6.09. The zero-order chi connectivity index (χ0) is 8.72. The van der Waals surface area contributed by atoms with Crippen LogP contribution >= 0.6 is 11.6 Å². The lowest BCUT2D eigenvalue weighted by Crippen LogP contribution is -2.50. The quantitative estimate of drug-likeness (QED) is 0.601. The van der Waals surface area contributed by atoms with Crippen molar-refractivity contribution in [2.75, 3.05) is 0 Å². The first-order chi connectivity index (χ1) is 5.70. The first-order valence-corrected chi connectivity index (χ1v) is 4.95. The van der Waals surface area contributed by atoms with E-state index in [1.54, 1.807) is 0 Å². The molecule has 0 aromatic heterocycles. The Morgan fingerprint density at radius 3 is 3.00 bits per heavy atom. The van der Waals surface area contributed by atoms with Crippen LogP contribution in [0.4, 0.5) is 0 Å². The van der Waals surface area contributed by atoms with Gasteiger partial charge in [0.25, 0.3) is 0 Å². The lowest BCUT2D eigenvalue weighted by Gasteiger charge is -2.36. The van der Waals surface area contributed by atoms with Gasteiger partial charge in [0.1, 0.15) is 0 Å². The summed E-state index contributed by atoms with van der Waals surface area (Å²) in [7, 11) is 0. The monoisotopic (exact) mass is 186 g/mol. The van der Waals surface area contributed by atoms with Gasteiger partial charge in [-0.3, -0.25) is 0 Å². The highest BCUT2D eigenvalue weighted by molar-refractivity contribution is 6.30.